The molecule has 2 atom stereocenters. The largest absolute Gasteiger partial charge is 0.327 e. The SMILES string of the molecule is CC1CCCN1C[C@@H](C)N. The number of hydrogen-bond acceptors (Lipinski definition) is 2. The highest BCUT2D eigenvalue weighted by Crippen LogP contribution is 2.15. The van der Waals surface area contributed by atoms with Gasteiger partial charge in [-0.1, -0.05) is 0 Å². The number of likely N-dealkylation sites (tertiary alicyclic amines) is 1. The summed E-state index contributed by atoms with van der Waals surface area (Å²) in [5.74, 6) is 0. The maximum Gasteiger partial charge on any atom is 0.0139 e. The molecular weight excluding hydrogens is 124 g/mol. The molecule has 10 heavy (non-hydrogen) atoms. The Morgan fingerprint density at radius 2 is 2.40 bits per heavy atom. The molecule has 0 spiro atoms. The van der Waals surface area contributed by atoms with E-state index < -0.39 is 0 Å². The van der Waals surface area contributed by atoms with Crippen molar-refractivity contribution in [3.63, 3.8) is 0 Å². The Bertz CT molecular complexity index is 101. The third-order valence-corrected chi connectivity index (χ3v) is 2.21. The molecule has 2 nitrogen and oxygen atoms in total. The molecule has 1 heterocycles. The van der Waals surface area contributed by atoms with E-state index in [0.717, 1.165) is 12.6 Å². The van der Waals surface area contributed by atoms with Crippen LogP contribution in [-0.4, -0.2) is 30.1 Å². The predicted octanol–water partition coefficient (Wildman–Crippen LogP) is 0.818. The Labute approximate surface area is 63.4 Å². The molecule has 1 unspecified atom stereocenters. The lowest BCUT2D eigenvalue weighted by atomic mass is 10.2. The first-order chi connectivity index (χ1) is 4.70. The zero-order chi connectivity index (χ0) is 7.56. The van der Waals surface area contributed by atoms with Crippen LogP contribution in [0.2, 0.25) is 0 Å². The molecule has 60 valence electrons. The highest BCUT2D eigenvalue weighted by molar-refractivity contribution is 4.77. The van der Waals surface area contributed by atoms with Gasteiger partial charge in [-0.25, -0.2) is 0 Å². The molecule has 0 saturated carbocycles. The van der Waals surface area contributed by atoms with Crippen molar-refractivity contribution in [3.05, 3.63) is 0 Å². The van der Waals surface area contributed by atoms with Gasteiger partial charge in [-0.2, -0.15) is 0 Å². The van der Waals surface area contributed by atoms with Gasteiger partial charge < -0.3 is 5.73 Å². The number of rotatable bonds is 2. The van der Waals surface area contributed by atoms with E-state index in [4.69, 9.17) is 5.73 Å². The van der Waals surface area contributed by atoms with E-state index in [-0.39, 0.29) is 0 Å². The van der Waals surface area contributed by atoms with Gasteiger partial charge in [0.05, 0.1) is 0 Å². The lowest BCUT2D eigenvalue weighted by Crippen LogP contribution is -2.37. The Morgan fingerprint density at radius 3 is 2.80 bits per heavy atom. The van der Waals surface area contributed by atoms with Crippen LogP contribution in [0, 0.1) is 0 Å². The fourth-order valence-electron chi connectivity index (χ4n) is 1.63. The van der Waals surface area contributed by atoms with E-state index in [1.54, 1.807) is 0 Å². The second kappa shape index (κ2) is 3.35. The van der Waals surface area contributed by atoms with Gasteiger partial charge in [0, 0.05) is 18.6 Å². The van der Waals surface area contributed by atoms with Crippen LogP contribution in [0.15, 0.2) is 0 Å². The van der Waals surface area contributed by atoms with Crippen LogP contribution in [0.1, 0.15) is 26.7 Å². The van der Waals surface area contributed by atoms with Gasteiger partial charge in [-0.15, -0.1) is 0 Å². The van der Waals surface area contributed by atoms with Gasteiger partial charge in [-0.05, 0) is 33.2 Å². The summed E-state index contributed by atoms with van der Waals surface area (Å²) in [6, 6.07) is 1.10. The van der Waals surface area contributed by atoms with Crippen molar-refractivity contribution in [1.29, 1.82) is 0 Å². The molecule has 0 radical (unpaired) electrons. The number of nitrogens with zero attached hydrogens (tertiary/aromatic N) is 1. The fourth-order valence-corrected chi connectivity index (χ4v) is 1.63. The molecular formula is C8H18N2. The summed E-state index contributed by atoms with van der Waals surface area (Å²) in [7, 11) is 0. The van der Waals surface area contributed by atoms with Crippen LogP contribution in [0.4, 0.5) is 0 Å². The second-order valence-corrected chi connectivity index (χ2v) is 3.46. The average molecular weight is 142 g/mol. The summed E-state index contributed by atoms with van der Waals surface area (Å²) in [6.07, 6.45) is 2.71. The Hall–Kier alpha value is -0.0800. The predicted molar refractivity (Wildman–Crippen MR) is 43.9 cm³/mol. The maximum atomic E-state index is 5.69. The normalized spacial score (nSPS) is 30.9. The minimum absolute atomic E-state index is 0.334. The zero-order valence-corrected chi connectivity index (χ0v) is 7.01. The van der Waals surface area contributed by atoms with Crippen LogP contribution >= 0.6 is 0 Å². The molecule has 0 aromatic rings. The van der Waals surface area contributed by atoms with E-state index >= 15 is 0 Å². The average Bonchev–Trinajstić information content (AvgIpc) is 2.15. The monoisotopic (exact) mass is 142 g/mol. The van der Waals surface area contributed by atoms with Gasteiger partial charge in [0.2, 0.25) is 0 Å². The Kier molecular flexibility index (Phi) is 2.69. The van der Waals surface area contributed by atoms with Crippen LogP contribution < -0.4 is 5.73 Å². The molecule has 0 amide bonds. The summed E-state index contributed by atoms with van der Waals surface area (Å²) < 4.78 is 0. The van der Waals surface area contributed by atoms with Crippen LogP contribution in [0.5, 0.6) is 0 Å². The molecule has 1 aliphatic rings. The molecule has 2 N–H and O–H groups in total. The fraction of sp³-hybridized carbons (Fsp3) is 1.00. The van der Waals surface area contributed by atoms with Crippen molar-refractivity contribution in [1.82, 2.24) is 4.90 Å². The van der Waals surface area contributed by atoms with E-state index in [9.17, 15) is 0 Å². The molecule has 0 bridgehead atoms. The second-order valence-electron chi connectivity index (χ2n) is 3.46. The van der Waals surface area contributed by atoms with E-state index in [0.29, 0.717) is 6.04 Å². The molecule has 1 aliphatic heterocycles. The summed E-state index contributed by atoms with van der Waals surface area (Å²) in [5.41, 5.74) is 5.69. The van der Waals surface area contributed by atoms with Gasteiger partial charge in [0.15, 0.2) is 0 Å². The third-order valence-electron chi connectivity index (χ3n) is 2.21. The van der Waals surface area contributed by atoms with Crippen molar-refractivity contribution in [3.8, 4) is 0 Å². The van der Waals surface area contributed by atoms with Crippen molar-refractivity contribution in [2.75, 3.05) is 13.1 Å². The van der Waals surface area contributed by atoms with Gasteiger partial charge in [0.25, 0.3) is 0 Å². The van der Waals surface area contributed by atoms with Gasteiger partial charge in [0.1, 0.15) is 0 Å². The van der Waals surface area contributed by atoms with Crippen molar-refractivity contribution in [2.45, 2.75) is 38.8 Å². The molecule has 1 saturated heterocycles. The molecule has 0 aromatic carbocycles. The van der Waals surface area contributed by atoms with Crippen molar-refractivity contribution in [2.24, 2.45) is 5.73 Å². The first-order valence-corrected chi connectivity index (χ1v) is 4.20. The standard InChI is InChI=1S/C8H18N2/c1-7(9)6-10-5-3-4-8(10)2/h7-8H,3-6,9H2,1-2H3/t7-,8?/m1/s1. The van der Waals surface area contributed by atoms with Gasteiger partial charge >= 0.3 is 0 Å². The minimum Gasteiger partial charge on any atom is -0.327 e. The molecule has 1 fully saturated rings. The highest BCUT2D eigenvalue weighted by atomic mass is 15.2. The van der Waals surface area contributed by atoms with Gasteiger partial charge in [-0.3, -0.25) is 4.90 Å². The smallest absolute Gasteiger partial charge is 0.0139 e. The summed E-state index contributed by atoms with van der Waals surface area (Å²) >= 11 is 0. The van der Waals surface area contributed by atoms with E-state index in [1.165, 1.54) is 19.4 Å². The first-order valence-electron chi connectivity index (χ1n) is 4.20. The number of nitrogens with two attached hydrogens (primary N) is 1. The lowest BCUT2D eigenvalue weighted by molar-refractivity contribution is 0.256. The summed E-state index contributed by atoms with van der Waals surface area (Å²) in [5, 5.41) is 0. The topological polar surface area (TPSA) is 29.3 Å². The van der Waals surface area contributed by atoms with Crippen LogP contribution in [0.3, 0.4) is 0 Å². The van der Waals surface area contributed by atoms with Crippen LogP contribution in [0.25, 0.3) is 0 Å². The van der Waals surface area contributed by atoms with E-state index in [1.807, 2.05) is 0 Å². The highest BCUT2D eigenvalue weighted by Gasteiger charge is 2.20. The Balaban J connectivity index is 2.26. The van der Waals surface area contributed by atoms with Crippen molar-refractivity contribution < 1.29 is 0 Å². The first kappa shape index (κ1) is 8.02. The molecule has 1 rings (SSSR count). The third kappa shape index (κ3) is 1.96. The molecule has 0 aromatic heterocycles. The lowest BCUT2D eigenvalue weighted by Gasteiger charge is -2.22. The minimum atomic E-state index is 0.334. The Morgan fingerprint density at radius 1 is 1.70 bits per heavy atom. The summed E-state index contributed by atoms with van der Waals surface area (Å²) in [6.45, 7) is 6.68. The molecule has 0 aliphatic carbocycles. The zero-order valence-electron chi connectivity index (χ0n) is 7.01. The van der Waals surface area contributed by atoms with Crippen LogP contribution in [-0.2, 0) is 0 Å². The quantitative estimate of drug-likeness (QED) is 0.618. The number of hydrogen-bond donors (Lipinski definition) is 1. The maximum absolute atomic E-state index is 5.69. The summed E-state index contributed by atoms with van der Waals surface area (Å²) in [4.78, 5) is 2.48. The molecule has 2 heteroatoms. The van der Waals surface area contributed by atoms with E-state index in [2.05, 4.69) is 18.7 Å². The van der Waals surface area contributed by atoms with Crippen molar-refractivity contribution >= 4 is 0 Å².